The third kappa shape index (κ3) is 5.28. The number of hydrogen-bond donors (Lipinski definition) is 1. The normalized spacial score (nSPS) is 17.3. The second-order valence-corrected chi connectivity index (χ2v) is 8.40. The molecule has 2 fully saturated rings. The molecule has 0 aliphatic carbocycles. The Balaban J connectivity index is 1.32. The van der Waals surface area contributed by atoms with Crippen molar-refractivity contribution < 1.29 is 9.59 Å². The molecular formula is C25H31N3O2. The molecule has 0 radical (unpaired) electrons. The largest absolute Gasteiger partial charge is 0.348 e. The minimum atomic E-state index is -0.0634. The second kappa shape index (κ2) is 9.90. The summed E-state index contributed by atoms with van der Waals surface area (Å²) in [5.41, 5.74) is 4.19. The molecule has 1 N–H and O–H groups in total. The molecule has 2 heterocycles. The number of benzene rings is 2. The van der Waals surface area contributed by atoms with Gasteiger partial charge in [-0.05, 0) is 61.2 Å². The van der Waals surface area contributed by atoms with Gasteiger partial charge in [0.25, 0.3) is 5.91 Å². The lowest BCUT2D eigenvalue weighted by molar-refractivity contribution is -0.128. The Kier molecular flexibility index (Phi) is 6.80. The third-order valence-corrected chi connectivity index (χ3v) is 6.16. The van der Waals surface area contributed by atoms with Gasteiger partial charge in [-0.15, -0.1) is 0 Å². The van der Waals surface area contributed by atoms with Crippen LogP contribution in [0.25, 0.3) is 0 Å². The molecule has 2 aliphatic heterocycles. The summed E-state index contributed by atoms with van der Waals surface area (Å²) in [5.74, 6) is 0.159. The molecule has 2 saturated heterocycles. The van der Waals surface area contributed by atoms with Crippen LogP contribution in [0.2, 0.25) is 0 Å². The Morgan fingerprint density at radius 1 is 0.833 bits per heavy atom. The molecule has 158 valence electrons. The van der Waals surface area contributed by atoms with Crippen LogP contribution < -0.4 is 5.32 Å². The number of likely N-dealkylation sites (tertiary alicyclic amines) is 2. The second-order valence-electron chi connectivity index (χ2n) is 8.40. The Morgan fingerprint density at radius 3 is 2.27 bits per heavy atom. The van der Waals surface area contributed by atoms with Crippen molar-refractivity contribution in [2.75, 3.05) is 19.6 Å². The average molecular weight is 406 g/mol. The van der Waals surface area contributed by atoms with E-state index in [9.17, 15) is 9.59 Å². The summed E-state index contributed by atoms with van der Waals surface area (Å²) in [7, 11) is 0. The Morgan fingerprint density at radius 2 is 1.57 bits per heavy atom. The Bertz CT molecular complexity index is 872. The highest BCUT2D eigenvalue weighted by Crippen LogP contribution is 2.17. The van der Waals surface area contributed by atoms with E-state index in [1.807, 2.05) is 35.2 Å². The first-order chi connectivity index (χ1) is 14.7. The molecule has 2 aliphatic rings. The fourth-order valence-corrected chi connectivity index (χ4v) is 4.37. The highest BCUT2D eigenvalue weighted by molar-refractivity contribution is 5.94. The van der Waals surface area contributed by atoms with Crippen LogP contribution >= 0.6 is 0 Å². The lowest BCUT2D eigenvalue weighted by atomic mass is 10.0. The summed E-state index contributed by atoms with van der Waals surface area (Å²) in [6, 6.07) is 16.0. The summed E-state index contributed by atoms with van der Waals surface area (Å²) in [5, 5.41) is 3.07. The number of nitrogens with zero attached hydrogens (tertiary/aromatic N) is 2. The van der Waals surface area contributed by atoms with Crippen LogP contribution in [0.3, 0.4) is 0 Å². The smallest absolute Gasteiger partial charge is 0.251 e. The van der Waals surface area contributed by atoms with Crippen LogP contribution in [-0.2, 0) is 24.4 Å². The van der Waals surface area contributed by atoms with Gasteiger partial charge in [0.1, 0.15) is 0 Å². The first-order valence-corrected chi connectivity index (χ1v) is 11.1. The maximum Gasteiger partial charge on any atom is 0.251 e. The van der Waals surface area contributed by atoms with E-state index in [-0.39, 0.29) is 11.8 Å². The molecule has 2 aromatic carbocycles. The SMILES string of the molecule is O=C(NCc1ccccc1CN1CCCCC1)c1ccc(CN2CCCC2=O)cc1. The number of hydrogen-bond acceptors (Lipinski definition) is 3. The summed E-state index contributed by atoms with van der Waals surface area (Å²) in [6.07, 6.45) is 5.49. The molecule has 0 saturated carbocycles. The molecule has 2 amide bonds. The van der Waals surface area contributed by atoms with Crippen LogP contribution in [0.5, 0.6) is 0 Å². The molecule has 0 bridgehead atoms. The number of nitrogens with one attached hydrogen (secondary N) is 1. The van der Waals surface area contributed by atoms with E-state index in [1.54, 1.807) is 0 Å². The van der Waals surface area contributed by atoms with E-state index in [4.69, 9.17) is 0 Å². The van der Waals surface area contributed by atoms with E-state index in [2.05, 4.69) is 28.4 Å². The van der Waals surface area contributed by atoms with Crippen molar-refractivity contribution >= 4 is 11.8 Å². The first-order valence-electron chi connectivity index (χ1n) is 11.1. The van der Waals surface area contributed by atoms with Crippen LogP contribution in [0.1, 0.15) is 59.2 Å². The maximum absolute atomic E-state index is 12.6. The average Bonchev–Trinajstić information content (AvgIpc) is 3.18. The summed E-state index contributed by atoms with van der Waals surface area (Å²) < 4.78 is 0. The summed E-state index contributed by atoms with van der Waals surface area (Å²) in [6.45, 7) is 5.28. The zero-order valence-electron chi connectivity index (χ0n) is 17.6. The van der Waals surface area contributed by atoms with Gasteiger partial charge in [0.15, 0.2) is 0 Å². The molecule has 0 aromatic heterocycles. The van der Waals surface area contributed by atoms with Crippen LogP contribution in [0.15, 0.2) is 48.5 Å². The van der Waals surface area contributed by atoms with Gasteiger partial charge < -0.3 is 10.2 Å². The van der Waals surface area contributed by atoms with Crippen molar-refractivity contribution in [3.05, 3.63) is 70.8 Å². The van der Waals surface area contributed by atoms with Crippen LogP contribution in [-0.4, -0.2) is 41.2 Å². The van der Waals surface area contributed by atoms with Gasteiger partial charge in [0.2, 0.25) is 5.91 Å². The van der Waals surface area contributed by atoms with Crippen LogP contribution in [0.4, 0.5) is 0 Å². The molecule has 0 atom stereocenters. The number of carbonyl (C=O) groups is 2. The Hall–Kier alpha value is -2.66. The molecule has 5 heteroatoms. The van der Waals surface area contributed by atoms with Crippen molar-refractivity contribution in [3.63, 3.8) is 0 Å². The van der Waals surface area contributed by atoms with Gasteiger partial charge in [-0.3, -0.25) is 14.5 Å². The molecule has 0 spiro atoms. The fourth-order valence-electron chi connectivity index (χ4n) is 4.37. The van der Waals surface area contributed by atoms with E-state index >= 15 is 0 Å². The van der Waals surface area contributed by atoms with Gasteiger partial charge in [0, 0.05) is 38.2 Å². The van der Waals surface area contributed by atoms with Crippen molar-refractivity contribution in [2.24, 2.45) is 0 Å². The summed E-state index contributed by atoms with van der Waals surface area (Å²) >= 11 is 0. The van der Waals surface area contributed by atoms with Crippen molar-refractivity contribution in [3.8, 4) is 0 Å². The van der Waals surface area contributed by atoms with Crippen LogP contribution in [0, 0.1) is 0 Å². The topological polar surface area (TPSA) is 52.7 Å². The van der Waals surface area contributed by atoms with Crippen molar-refractivity contribution in [2.45, 2.75) is 51.7 Å². The van der Waals surface area contributed by atoms with E-state index in [0.29, 0.717) is 25.1 Å². The number of amides is 2. The molecular weight excluding hydrogens is 374 g/mol. The van der Waals surface area contributed by atoms with Gasteiger partial charge in [-0.25, -0.2) is 0 Å². The highest BCUT2D eigenvalue weighted by atomic mass is 16.2. The minimum Gasteiger partial charge on any atom is -0.348 e. The standard InChI is InChI=1S/C25H31N3O2/c29-24-9-6-16-28(24)18-20-10-12-21(13-11-20)25(30)26-17-22-7-2-3-8-23(22)19-27-14-4-1-5-15-27/h2-3,7-8,10-13H,1,4-6,9,14-19H2,(H,26,30). The minimum absolute atomic E-state index is 0.0634. The fraction of sp³-hybridized carbons (Fsp3) is 0.440. The zero-order chi connectivity index (χ0) is 20.8. The van der Waals surface area contributed by atoms with Gasteiger partial charge in [-0.2, -0.15) is 0 Å². The van der Waals surface area contributed by atoms with E-state index in [1.165, 1.54) is 30.4 Å². The van der Waals surface area contributed by atoms with E-state index in [0.717, 1.165) is 38.2 Å². The molecule has 5 nitrogen and oxygen atoms in total. The number of rotatable bonds is 7. The van der Waals surface area contributed by atoms with Gasteiger partial charge in [0.05, 0.1) is 0 Å². The lowest BCUT2D eigenvalue weighted by Crippen LogP contribution is -2.30. The molecule has 30 heavy (non-hydrogen) atoms. The Labute approximate surface area is 179 Å². The third-order valence-electron chi connectivity index (χ3n) is 6.16. The summed E-state index contributed by atoms with van der Waals surface area (Å²) in [4.78, 5) is 28.8. The lowest BCUT2D eigenvalue weighted by Gasteiger charge is -2.27. The zero-order valence-corrected chi connectivity index (χ0v) is 17.6. The monoisotopic (exact) mass is 405 g/mol. The van der Waals surface area contributed by atoms with Crippen molar-refractivity contribution in [1.29, 1.82) is 0 Å². The van der Waals surface area contributed by atoms with Gasteiger partial charge in [-0.1, -0.05) is 42.8 Å². The van der Waals surface area contributed by atoms with Gasteiger partial charge >= 0.3 is 0 Å². The predicted molar refractivity (Wildman–Crippen MR) is 118 cm³/mol. The molecule has 2 aromatic rings. The quantitative estimate of drug-likeness (QED) is 0.764. The number of carbonyl (C=O) groups excluding carboxylic acids is 2. The van der Waals surface area contributed by atoms with E-state index < -0.39 is 0 Å². The maximum atomic E-state index is 12.6. The first kappa shape index (κ1) is 20.6. The highest BCUT2D eigenvalue weighted by Gasteiger charge is 2.20. The predicted octanol–water partition coefficient (Wildman–Crippen LogP) is 3.72. The van der Waals surface area contributed by atoms with Crippen molar-refractivity contribution in [1.82, 2.24) is 15.1 Å². The number of piperidine rings is 1. The molecule has 0 unspecified atom stereocenters. The molecule has 4 rings (SSSR count).